The van der Waals surface area contributed by atoms with Crippen LogP contribution < -0.4 is 10.6 Å². The molecule has 1 fully saturated rings. The first-order chi connectivity index (χ1) is 15.0. The van der Waals surface area contributed by atoms with Crippen LogP contribution in [0, 0.1) is 5.82 Å². The third-order valence-corrected chi connectivity index (χ3v) is 5.35. The lowest BCUT2D eigenvalue weighted by atomic mass is 10.1. The number of aromatic nitrogens is 4. The first-order valence-electron chi connectivity index (χ1n) is 10.5. The van der Waals surface area contributed by atoms with Gasteiger partial charge in [-0.15, -0.1) is 0 Å². The number of ether oxygens (including phenoxy) is 1. The number of piperazine rings is 1. The van der Waals surface area contributed by atoms with Crippen molar-refractivity contribution in [1.29, 1.82) is 0 Å². The fourth-order valence-electron chi connectivity index (χ4n) is 3.93. The molecule has 4 rings (SSSR count). The van der Waals surface area contributed by atoms with Gasteiger partial charge in [-0.05, 0) is 52.0 Å². The topological polar surface area (TPSA) is 102 Å². The van der Waals surface area contributed by atoms with Gasteiger partial charge in [-0.25, -0.2) is 13.9 Å². The van der Waals surface area contributed by atoms with Gasteiger partial charge in [0.2, 0.25) is 5.95 Å². The van der Waals surface area contributed by atoms with Gasteiger partial charge in [0.05, 0.1) is 5.39 Å². The Bertz CT molecular complexity index is 1150. The molecule has 0 aliphatic carbocycles. The molecule has 0 saturated carbocycles. The lowest BCUT2D eigenvalue weighted by molar-refractivity contribution is 0.0218. The van der Waals surface area contributed by atoms with Crippen LogP contribution in [0.15, 0.2) is 24.3 Å². The Morgan fingerprint density at radius 3 is 2.50 bits per heavy atom. The van der Waals surface area contributed by atoms with Gasteiger partial charge < -0.3 is 20.3 Å². The van der Waals surface area contributed by atoms with E-state index in [0.29, 0.717) is 36.8 Å². The number of amides is 1. The van der Waals surface area contributed by atoms with Crippen LogP contribution in [-0.2, 0) is 11.8 Å². The van der Waals surface area contributed by atoms with Crippen molar-refractivity contribution >= 4 is 28.9 Å². The quantitative estimate of drug-likeness (QED) is 0.651. The average Bonchev–Trinajstić information content (AvgIpc) is 3.03. The van der Waals surface area contributed by atoms with Crippen LogP contribution in [0.1, 0.15) is 27.7 Å². The number of nitrogens with zero attached hydrogens (tertiary/aromatic N) is 6. The molecule has 10 heteroatoms. The zero-order valence-electron chi connectivity index (χ0n) is 19.0. The molecular formula is C22H28FN7O2. The summed E-state index contributed by atoms with van der Waals surface area (Å²) in [7, 11) is 1.79. The largest absolute Gasteiger partial charge is 0.444 e. The Kier molecular flexibility index (Phi) is 5.39. The first-order valence-corrected chi connectivity index (χ1v) is 10.5. The average molecular weight is 442 g/mol. The predicted octanol–water partition coefficient (Wildman–Crippen LogP) is 3.20. The molecule has 1 atom stereocenters. The van der Waals surface area contributed by atoms with E-state index in [1.54, 1.807) is 28.8 Å². The van der Waals surface area contributed by atoms with Gasteiger partial charge >= 0.3 is 6.09 Å². The molecule has 0 bridgehead atoms. The Morgan fingerprint density at radius 2 is 1.88 bits per heavy atom. The Balaban J connectivity index is 1.72. The highest BCUT2D eigenvalue weighted by Crippen LogP contribution is 2.35. The minimum Gasteiger partial charge on any atom is -0.444 e. The van der Waals surface area contributed by atoms with Crippen molar-refractivity contribution in [2.45, 2.75) is 39.3 Å². The van der Waals surface area contributed by atoms with Crippen molar-refractivity contribution in [3.8, 4) is 11.3 Å². The van der Waals surface area contributed by atoms with E-state index < -0.39 is 5.60 Å². The van der Waals surface area contributed by atoms with Gasteiger partial charge in [-0.1, -0.05) is 0 Å². The summed E-state index contributed by atoms with van der Waals surface area (Å²) < 4.78 is 20.7. The number of nitrogens with two attached hydrogens (primary N) is 1. The predicted molar refractivity (Wildman–Crippen MR) is 121 cm³/mol. The molecule has 9 nitrogen and oxygen atoms in total. The van der Waals surface area contributed by atoms with Gasteiger partial charge in [0, 0.05) is 38.3 Å². The molecule has 0 radical (unpaired) electrons. The van der Waals surface area contributed by atoms with Crippen LogP contribution in [0.3, 0.4) is 0 Å². The maximum absolute atomic E-state index is 13.5. The van der Waals surface area contributed by atoms with Gasteiger partial charge in [0.1, 0.15) is 22.9 Å². The molecule has 1 amide bonds. The Labute approximate surface area is 186 Å². The summed E-state index contributed by atoms with van der Waals surface area (Å²) in [6.45, 7) is 9.08. The third kappa shape index (κ3) is 4.17. The monoisotopic (exact) mass is 441 g/mol. The molecule has 170 valence electrons. The molecule has 3 heterocycles. The second-order valence-corrected chi connectivity index (χ2v) is 9.05. The fraction of sp³-hybridized carbons (Fsp3) is 0.455. The maximum Gasteiger partial charge on any atom is 0.410 e. The van der Waals surface area contributed by atoms with Crippen LogP contribution >= 0.6 is 0 Å². The number of nitrogen functional groups attached to an aromatic ring is 1. The summed E-state index contributed by atoms with van der Waals surface area (Å²) in [5.41, 5.74) is 7.48. The van der Waals surface area contributed by atoms with Crippen LogP contribution in [0.25, 0.3) is 22.3 Å². The first kappa shape index (κ1) is 21.8. The van der Waals surface area contributed by atoms with E-state index in [-0.39, 0.29) is 23.9 Å². The summed E-state index contributed by atoms with van der Waals surface area (Å²) in [6, 6.07) is 6.11. The zero-order valence-corrected chi connectivity index (χ0v) is 19.0. The highest BCUT2D eigenvalue weighted by molar-refractivity contribution is 6.00. The van der Waals surface area contributed by atoms with Crippen molar-refractivity contribution in [2.75, 3.05) is 30.3 Å². The highest BCUT2D eigenvalue weighted by Gasteiger charge is 2.32. The summed E-state index contributed by atoms with van der Waals surface area (Å²) in [4.78, 5) is 25.3. The minimum atomic E-state index is -0.551. The number of rotatable bonds is 2. The van der Waals surface area contributed by atoms with Crippen molar-refractivity contribution in [1.82, 2.24) is 24.6 Å². The molecule has 2 aromatic heterocycles. The summed E-state index contributed by atoms with van der Waals surface area (Å²) in [6.07, 6.45) is -0.329. The molecule has 1 saturated heterocycles. The molecule has 0 unspecified atom stereocenters. The van der Waals surface area contributed by atoms with E-state index in [4.69, 9.17) is 10.5 Å². The Morgan fingerprint density at radius 1 is 1.19 bits per heavy atom. The standard InChI is InChI=1S/C22H28FN7O2/c1-13-12-29(21(31)32-22(2,3)4)10-11-30(13)19-16-17(14-6-8-15(23)9-7-14)27-28(5)18(16)25-20(24)26-19/h6-9,13H,10-12H2,1-5H3,(H2,24,25,26)/t13-/m0/s1. The minimum absolute atomic E-state index is 0.0463. The fourth-order valence-corrected chi connectivity index (χ4v) is 3.93. The Hall–Kier alpha value is -3.43. The molecule has 1 aliphatic heterocycles. The van der Waals surface area contributed by atoms with E-state index in [1.807, 2.05) is 27.7 Å². The van der Waals surface area contributed by atoms with Crippen LogP contribution in [0.2, 0.25) is 0 Å². The van der Waals surface area contributed by atoms with Gasteiger partial charge in [-0.3, -0.25) is 0 Å². The molecular weight excluding hydrogens is 413 g/mol. The number of carbonyl (C=O) groups excluding carboxylic acids is 1. The van der Waals surface area contributed by atoms with E-state index in [9.17, 15) is 9.18 Å². The summed E-state index contributed by atoms with van der Waals surface area (Å²) >= 11 is 0. The number of carbonyl (C=O) groups is 1. The third-order valence-electron chi connectivity index (χ3n) is 5.35. The number of aryl methyl sites for hydroxylation is 1. The SMILES string of the molecule is C[C@H]1CN(C(=O)OC(C)(C)C)CCN1c1nc(N)nc2c1c(-c1ccc(F)cc1)nn2C. The second kappa shape index (κ2) is 7.92. The van der Waals surface area contributed by atoms with Crippen LogP contribution in [-0.4, -0.2) is 62.0 Å². The maximum atomic E-state index is 13.5. The van der Waals surface area contributed by atoms with Gasteiger partial charge in [-0.2, -0.15) is 15.1 Å². The van der Waals surface area contributed by atoms with Crippen molar-refractivity contribution in [2.24, 2.45) is 7.05 Å². The van der Waals surface area contributed by atoms with E-state index in [2.05, 4.69) is 20.0 Å². The molecule has 1 aromatic carbocycles. The molecule has 0 spiro atoms. The molecule has 1 aliphatic rings. The van der Waals surface area contributed by atoms with Gasteiger partial charge in [0.25, 0.3) is 0 Å². The molecule has 3 aromatic rings. The number of anilines is 2. The van der Waals surface area contributed by atoms with Gasteiger partial charge in [0.15, 0.2) is 5.65 Å². The van der Waals surface area contributed by atoms with E-state index in [1.165, 1.54) is 12.1 Å². The number of hydrogen-bond acceptors (Lipinski definition) is 7. The van der Waals surface area contributed by atoms with Crippen molar-refractivity contribution < 1.29 is 13.9 Å². The lowest BCUT2D eigenvalue weighted by Crippen LogP contribution is -2.55. The molecule has 2 N–H and O–H groups in total. The smallest absolute Gasteiger partial charge is 0.410 e. The van der Waals surface area contributed by atoms with Crippen LogP contribution in [0.5, 0.6) is 0 Å². The van der Waals surface area contributed by atoms with E-state index in [0.717, 1.165) is 10.9 Å². The highest BCUT2D eigenvalue weighted by atomic mass is 19.1. The van der Waals surface area contributed by atoms with Crippen LogP contribution in [0.4, 0.5) is 21.0 Å². The number of fused-ring (bicyclic) bond motifs is 1. The normalized spacial score (nSPS) is 17.1. The number of hydrogen-bond donors (Lipinski definition) is 1. The van der Waals surface area contributed by atoms with Crippen molar-refractivity contribution in [3.05, 3.63) is 30.1 Å². The van der Waals surface area contributed by atoms with Crippen molar-refractivity contribution in [3.63, 3.8) is 0 Å². The lowest BCUT2D eigenvalue weighted by Gasteiger charge is -2.41. The number of halogens is 1. The number of benzene rings is 1. The zero-order chi connectivity index (χ0) is 23.2. The second-order valence-electron chi connectivity index (χ2n) is 9.05. The summed E-state index contributed by atoms with van der Waals surface area (Å²) in [5.74, 6) is 0.473. The molecule has 32 heavy (non-hydrogen) atoms. The summed E-state index contributed by atoms with van der Waals surface area (Å²) in [5, 5.41) is 5.36. The van der Waals surface area contributed by atoms with E-state index >= 15 is 0 Å².